The summed E-state index contributed by atoms with van der Waals surface area (Å²) in [5, 5.41) is 0. The van der Waals surface area contributed by atoms with Crippen LogP contribution in [-0.4, -0.2) is 4.98 Å². The van der Waals surface area contributed by atoms with Gasteiger partial charge in [-0.2, -0.15) is 0 Å². The van der Waals surface area contributed by atoms with Gasteiger partial charge in [0.05, 0.1) is 11.1 Å². The Morgan fingerprint density at radius 2 is 1.12 bits per heavy atom. The van der Waals surface area contributed by atoms with Gasteiger partial charge in [0.15, 0.2) is 0 Å². The number of hydrogen-bond acceptors (Lipinski definition) is 1. The van der Waals surface area contributed by atoms with Crippen LogP contribution < -0.4 is 0 Å². The molecule has 1 aromatic heterocycles. The molecule has 0 radical (unpaired) electrons. The van der Waals surface area contributed by atoms with Crippen LogP contribution in [0.5, 0.6) is 0 Å². The zero-order valence-electron chi connectivity index (χ0n) is 13.9. The molecule has 122 valence electrons. The molecule has 6 rings (SSSR count). The molecule has 0 bridgehead atoms. The minimum absolute atomic E-state index is 0.330. The van der Waals surface area contributed by atoms with Gasteiger partial charge >= 0.3 is 0 Å². The van der Waals surface area contributed by atoms with Gasteiger partial charge in [0.1, 0.15) is 0 Å². The van der Waals surface area contributed by atoms with Crippen LogP contribution in [0.3, 0.4) is 0 Å². The van der Waals surface area contributed by atoms with Crippen molar-refractivity contribution in [3.05, 3.63) is 112 Å². The molecule has 1 heterocycles. The molecule has 0 N–H and O–H groups in total. The molecule has 1 spiro atoms. The van der Waals surface area contributed by atoms with Crippen molar-refractivity contribution in [1.82, 2.24) is 4.98 Å². The second kappa shape index (κ2) is 4.93. The Labute approximate surface area is 160 Å². The van der Waals surface area contributed by atoms with Gasteiger partial charge in [-0.05, 0) is 39.4 Å². The van der Waals surface area contributed by atoms with Gasteiger partial charge in [-0.1, -0.05) is 88.7 Å². The highest BCUT2D eigenvalue weighted by molar-refractivity contribution is 9.10. The lowest BCUT2D eigenvalue weighted by molar-refractivity contribution is 0.760. The highest BCUT2D eigenvalue weighted by Gasteiger charge is 2.52. The molecular weight excluding hydrogens is 382 g/mol. The molecule has 0 saturated carbocycles. The summed E-state index contributed by atoms with van der Waals surface area (Å²) in [6.07, 6.45) is 1.92. The lowest BCUT2D eigenvalue weighted by Crippen LogP contribution is -2.26. The molecule has 2 heteroatoms. The van der Waals surface area contributed by atoms with E-state index in [0.717, 1.165) is 10.2 Å². The van der Waals surface area contributed by atoms with E-state index >= 15 is 0 Å². The predicted molar refractivity (Wildman–Crippen MR) is 108 cm³/mol. The lowest BCUT2D eigenvalue weighted by Gasteiger charge is -2.29. The Kier molecular flexibility index (Phi) is 2.74. The summed E-state index contributed by atoms with van der Waals surface area (Å²) in [5.41, 5.74) is 9.90. The van der Waals surface area contributed by atoms with Crippen molar-refractivity contribution in [2.45, 2.75) is 5.41 Å². The number of fused-ring (bicyclic) bond motifs is 10. The maximum atomic E-state index is 4.94. The second-order valence-electron chi connectivity index (χ2n) is 6.90. The van der Waals surface area contributed by atoms with Crippen LogP contribution in [0.2, 0.25) is 0 Å². The summed E-state index contributed by atoms with van der Waals surface area (Å²) in [4.78, 5) is 4.94. The SMILES string of the molecule is Brc1ccnc2c1-c1ccccc1C21c2ccccc2-c2ccccc21. The van der Waals surface area contributed by atoms with Crippen molar-refractivity contribution in [1.29, 1.82) is 0 Å². The Balaban J connectivity index is 1.89. The third-order valence-electron chi connectivity index (χ3n) is 5.81. The minimum Gasteiger partial charge on any atom is -0.259 e. The highest BCUT2D eigenvalue weighted by Crippen LogP contribution is 2.62. The molecular formula is C24H14BrN. The van der Waals surface area contributed by atoms with E-state index in [4.69, 9.17) is 4.98 Å². The summed E-state index contributed by atoms with van der Waals surface area (Å²) >= 11 is 3.79. The molecule has 0 fully saturated rings. The molecule has 2 aliphatic rings. The fraction of sp³-hybridized carbons (Fsp3) is 0.0417. The number of rotatable bonds is 0. The van der Waals surface area contributed by atoms with E-state index in [0.29, 0.717) is 0 Å². The number of hydrogen-bond donors (Lipinski definition) is 0. The fourth-order valence-corrected chi connectivity index (χ4v) is 5.43. The Morgan fingerprint density at radius 3 is 1.73 bits per heavy atom. The monoisotopic (exact) mass is 395 g/mol. The molecule has 0 aliphatic heterocycles. The predicted octanol–water partition coefficient (Wildman–Crippen LogP) is 6.19. The first-order valence-corrected chi connectivity index (χ1v) is 9.57. The van der Waals surface area contributed by atoms with Crippen LogP contribution in [0, 0.1) is 0 Å². The van der Waals surface area contributed by atoms with Crippen molar-refractivity contribution in [3.63, 3.8) is 0 Å². The van der Waals surface area contributed by atoms with Gasteiger partial charge < -0.3 is 0 Å². The average molecular weight is 396 g/mol. The van der Waals surface area contributed by atoms with Crippen molar-refractivity contribution >= 4 is 15.9 Å². The third-order valence-corrected chi connectivity index (χ3v) is 6.47. The first-order chi connectivity index (χ1) is 12.8. The third kappa shape index (κ3) is 1.51. The highest BCUT2D eigenvalue weighted by atomic mass is 79.9. The standard InChI is InChI=1S/C24H14BrN/c25-21-13-14-26-23-22(21)17-9-3-6-12-20(17)24(23)18-10-4-1-7-15(18)16-8-2-5-11-19(16)24/h1-14H. The van der Waals surface area contributed by atoms with E-state index in [1.165, 1.54) is 38.9 Å². The maximum Gasteiger partial charge on any atom is 0.0898 e. The number of benzene rings is 3. The number of nitrogens with zero attached hydrogens (tertiary/aromatic N) is 1. The van der Waals surface area contributed by atoms with Gasteiger partial charge in [-0.15, -0.1) is 0 Å². The van der Waals surface area contributed by atoms with E-state index in [9.17, 15) is 0 Å². The number of pyridine rings is 1. The van der Waals surface area contributed by atoms with Crippen molar-refractivity contribution in [2.75, 3.05) is 0 Å². The smallest absolute Gasteiger partial charge is 0.0898 e. The van der Waals surface area contributed by atoms with Crippen molar-refractivity contribution in [3.8, 4) is 22.3 Å². The van der Waals surface area contributed by atoms with Crippen LogP contribution in [0.15, 0.2) is 89.5 Å². The van der Waals surface area contributed by atoms with Gasteiger partial charge in [0, 0.05) is 16.2 Å². The zero-order chi connectivity index (χ0) is 17.3. The van der Waals surface area contributed by atoms with Crippen molar-refractivity contribution < 1.29 is 0 Å². The van der Waals surface area contributed by atoms with E-state index < -0.39 is 0 Å². The summed E-state index contributed by atoms with van der Waals surface area (Å²) < 4.78 is 1.11. The van der Waals surface area contributed by atoms with Crippen LogP contribution in [-0.2, 0) is 5.41 Å². The van der Waals surface area contributed by atoms with E-state index in [2.05, 4.69) is 88.7 Å². The molecule has 26 heavy (non-hydrogen) atoms. The molecule has 0 saturated heterocycles. The van der Waals surface area contributed by atoms with Crippen molar-refractivity contribution in [2.24, 2.45) is 0 Å². The minimum atomic E-state index is -0.330. The summed E-state index contributed by atoms with van der Waals surface area (Å²) in [6.45, 7) is 0. The molecule has 0 amide bonds. The normalized spacial score (nSPS) is 14.7. The van der Waals surface area contributed by atoms with Crippen LogP contribution in [0.25, 0.3) is 22.3 Å². The summed E-state index contributed by atoms with van der Waals surface area (Å²) in [6, 6.07) is 28.3. The molecule has 4 aromatic rings. The Morgan fingerprint density at radius 1 is 0.615 bits per heavy atom. The Hall–Kier alpha value is -2.71. The molecule has 3 aromatic carbocycles. The number of aromatic nitrogens is 1. The van der Waals surface area contributed by atoms with Gasteiger partial charge in [-0.3, -0.25) is 4.98 Å². The van der Waals surface area contributed by atoms with Crippen LogP contribution in [0.1, 0.15) is 22.4 Å². The average Bonchev–Trinajstić information content (AvgIpc) is 3.16. The summed E-state index contributed by atoms with van der Waals surface area (Å²) in [7, 11) is 0. The maximum absolute atomic E-state index is 4.94. The number of halogens is 1. The molecule has 0 unspecified atom stereocenters. The summed E-state index contributed by atoms with van der Waals surface area (Å²) in [5.74, 6) is 0. The fourth-order valence-electron chi connectivity index (χ4n) is 4.91. The van der Waals surface area contributed by atoms with E-state index in [1.54, 1.807) is 0 Å². The molecule has 1 nitrogen and oxygen atoms in total. The van der Waals surface area contributed by atoms with E-state index in [1.807, 2.05) is 12.3 Å². The topological polar surface area (TPSA) is 12.9 Å². The first-order valence-electron chi connectivity index (χ1n) is 8.77. The zero-order valence-corrected chi connectivity index (χ0v) is 15.5. The first kappa shape index (κ1) is 14.5. The van der Waals surface area contributed by atoms with Gasteiger partial charge in [0.2, 0.25) is 0 Å². The quantitative estimate of drug-likeness (QED) is 0.298. The van der Waals surface area contributed by atoms with E-state index in [-0.39, 0.29) is 5.41 Å². The molecule has 2 aliphatic carbocycles. The molecule has 0 atom stereocenters. The van der Waals surface area contributed by atoms with Crippen LogP contribution in [0.4, 0.5) is 0 Å². The van der Waals surface area contributed by atoms with Gasteiger partial charge in [-0.25, -0.2) is 0 Å². The Bertz CT molecular complexity index is 1160. The van der Waals surface area contributed by atoms with Crippen LogP contribution >= 0.6 is 15.9 Å². The lowest BCUT2D eigenvalue weighted by atomic mass is 9.72. The second-order valence-corrected chi connectivity index (χ2v) is 7.76. The van der Waals surface area contributed by atoms with Gasteiger partial charge in [0.25, 0.3) is 0 Å². The largest absolute Gasteiger partial charge is 0.259 e.